The molecule has 140 valence electrons. The van der Waals surface area contributed by atoms with Gasteiger partial charge in [-0.3, -0.25) is 9.59 Å². The molecule has 1 amide bonds. The summed E-state index contributed by atoms with van der Waals surface area (Å²) in [6.45, 7) is 2.59. The average Bonchev–Trinajstić information content (AvgIpc) is 2.65. The zero-order chi connectivity index (χ0) is 19.4. The molecule has 0 spiro atoms. The monoisotopic (exact) mass is 369 g/mol. The molecule has 0 bridgehead atoms. The maximum Gasteiger partial charge on any atom is 0.269 e. The number of carbonyl (C=O) groups is 1. The van der Waals surface area contributed by atoms with Gasteiger partial charge >= 0.3 is 0 Å². The van der Waals surface area contributed by atoms with Crippen molar-refractivity contribution in [2.45, 2.75) is 20.1 Å². The molecular formula is C19H19N3O5. The van der Waals surface area contributed by atoms with E-state index in [1.165, 1.54) is 11.7 Å². The Labute approximate surface area is 155 Å². The Morgan fingerprint density at radius 2 is 2.04 bits per heavy atom. The first-order chi connectivity index (χ1) is 13.0. The van der Waals surface area contributed by atoms with Crippen molar-refractivity contribution >= 4 is 11.6 Å². The van der Waals surface area contributed by atoms with Gasteiger partial charge in [0.15, 0.2) is 11.5 Å². The van der Waals surface area contributed by atoms with Crippen molar-refractivity contribution in [3.05, 3.63) is 51.4 Å². The molecular weight excluding hydrogens is 350 g/mol. The summed E-state index contributed by atoms with van der Waals surface area (Å²) >= 11 is 0. The van der Waals surface area contributed by atoms with Gasteiger partial charge in [-0.05, 0) is 25.1 Å². The van der Waals surface area contributed by atoms with E-state index in [4.69, 9.17) is 14.2 Å². The SMILES string of the molecule is COCc1cc(C)n(CC(=O)Nc2ccc3c(c2)OCCO3)c(=O)c1C#N. The van der Waals surface area contributed by atoms with E-state index in [0.29, 0.717) is 41.7 Å². The number of pyridine rings is 1. The zero-order valence-electron chi connectivity index (χ0n) is 15.1. The predicted octanol–water partition coefficient (Wildman–Crippen LogP) is 1.58. The highest BCUT2D eigenvalue weighted by Crippen LogP contribution is 2.32. The van der Waals surface area contributed by atoms with Crippen LogP contribution >= 0.6 is 0 Å². The molecule has 8 heteroatoms. The van der Waals surface area contributed by atoms with Gasteiger partial charge in [0.1, 0.15) is 31.4 Å². The number of hydrogen-bond donors (Lipinski definition) is 1. The summed E-state index contributed by atoms with van der Waals surface area (Å²) in [4.78, 5) is 25.0. The normalized spacial score (nSPS) is 12.3. The molecule has 0 atom stereocenters. The van der Waals surface area contributed by atoms with Crippen molar-refractivity contribution < 1.29 is 19.0 Å². The number of rotatable bonds is 5. The van der Waals surface area contributed by atoms with Crippen LogP contribution in [0, 0.1) is 18.3 Å². The molecule has 0 saturated carbocycles. The number of amides is 1. The molecule has 1 aromatic heterocycles. The Balaban J connectivity index is 1.80. The predicted molar refractivity (Wildman–Crippen MR) is 96.9 cm³/mol. The van der Waals surface area contributed by atoms with Gasteiger partial charge in [0.05, 0.1) is 6.61 Å². The maximum atomic E-state index is 12.6. The molecule has 1 aromatic carbocycles. The number of hydrogen-bond acceptors (Lipinski definition) is 6. The molecule has 27 heavy (non-hydrogen) atoms. The molecule has 1 aliphatic heterocycles. The van der Waals surface area contributed by atoms with Gasteiger partial charge in [-0.1, -0.05) is 0 Å². The minimum atomic E-state index is -0.512. The fraction of sp³-hybridized carbons (Fsp3) is 0.316. The third-order valence-electron chi connectivity index (χ3n) is 4.13. The van der Waals surface area contributed by atoms with Crippen molar-refractivity contribution in [1.82, 2.24) is 4.57 Å². The number of nitriles is 1. The fourth-order valence-electron chi connectivity index (χ4n) is 2.89. The highest BCUT2D eigenvalue weighted by Gasteiger charge is 2.16. The second-order valence-electron chi connectivity index (χ2n) is 6.03. The summed E-state index contributed by atoms with van der Waals surface area (Å²) in [5.74, 6) is 0.794. The second kappa shape index (κ2) is 7.93. The van der Waals surface area contributed by atoms with Crippen LogP contribution in [0.3, 0.4) is 0 Å². The Bertz CT molecular complexity index is 975. The smallest absolute Gasteiger partial charge is 0.269 e. The minimum absolute atomic E-state index is 0.0189. The van der Waals surface area contributed by atoms with Crippen LogP contribution in [0.4, 0.5) is 5.69 Å². The molecule has 3 rings (SSSR count). The lowest BCUT2D eigenvalue weighted by atomic mass is 10.1. The number of nitrogens with one attached hydrogen (secondary N) is 1. The number of fused-ring (bicyclic) bond motifs is 1. The summed E-state index contributed by atoms with van der Waals surface area (Å²) in [6, 6.07) is 8.67. The average molecular weight is 369 g/mol. The van der Waals surface area contributed by atoms with Crippen molar-refractivity contribution in [3.63, 3.8) is 0 Å². The first-order valence-electron chi connectivity index (χ1n) is 8.35. The Hall–Kier alpha value is -3.31. The number of carbonyl (C=O) groups excluding carboxylic acids is 1. The van der Waals surface area contributed by atoms with Gasteiger partial charge in [-0.15, -0.1) is 0 Å². The molecule has 0 radical (unpaired) electrons. The summed E-state index contributed by atoms with van der Waals surface area (Å²) < 4.78 is 17.2. The first-order valence-corrected chi connectivity index (χ1v) is 8.35. The van der Waals surface area contributed by atoms with Crippen LogP contribution < -0.4 is 20.3 Å². The van der Waals surface area contributed by atoms with E-state index in [1.54, 1.807) is 31.2 Å². The maximum absolute atomic E-state index is 12.6. The summed E-state index contributed by atoms with van der Waals surface area (Å²) in [6.07, 6.45) is 0. The number of nitrogens with zero attached hydrogens (tertiary/aromatic N) is 2. The van der Waals surface area contributed by atoms with E-state index in [2.05, 4.69) is 5.32 Å². The van der Waals surface area contributed by atoms with Crippen molar-refractivity contribution in [2.75, 3.05) is 25.6 Å². The van der Waals surface area contributed by atoms with Crippen LogP contribution in [0.25, 0.3) is 0 Å². The van der Waals surface area contributed by atoms with Crippen molar-refractivity contribution in [3.8, 4) is 17.6 Å². The van der Waals surface area contributed by atoms with Crippen molar-refractivity contribution in [2.24, 2.45) is 0 Å². The molecule has 8 nitrogen and oxygen atoms in total. The Morgan fingerprint density at radius 1 is 1.30 bits per heavy atom. The van der Waals surface area contributed by atoms with Crippen LogP contribution in [-0.4, -0.2) is 30.8 Å². The second-order valence-corrected chi connectivity index (χ2v) is 6.03. The number of methoxy groups -OCH3 is 1. The largest absolute Gasteiger partial charge is 0.486 e. The number of anilines is 1. The minimum Gasteiger partial charge on any atom is -0.486 e. The third-order valence-corrected chi connectivity index (χ3v) is 4.13. The summed E-state index contributed by atoms with van der Waals surface area (Å²) in [5.41, 5.74) is 1.08. The number of benzene rings is 1. The lowest BCUT2D eigenvalue weighted by Gasteiger charge is -2.19. The molecule has 0 aliphatic carbocycles. The number of aryl methyl sites for hydroxylation is 1. The van der Waals surface area contributed by atoms with Crippen molar-refractivity contribution in [1.29, 1.82) is 5.26 Å². The number of ether oxygens (including phenoxy) is 3. The van der Waals surface area contributed by atoms with Gasteiger partial charge in [-0.2, -0.15) is 5.26 Å². The lowest BCUT2D eigenvalue weighted by Crippen LogP contribution is -2.31. The van der Waals surface area contributed by atoms with Crippen LogP contribution in [0.15, 0.2) is 29.1 Å². The highest BCUT2D eigenvalue weighted by atomic mass is 16.6. The Morgan fingerprint density at radius 3 is 2.74 bits per heavy atom. The fourth-order valence-corrected chi connectivity index (χ4v) is 2.89. The summed E-state index contributed by atoms with van der Waals surface area (Å²) in [5, 5.41) is 12.0. The zero-order valence-corrected chi connectivity index (χ0v) is 15.1. The number of aromatic nitrogens is 1. The van der Waals surface area contributed by atoms with E-state index in [0.717, 1.165) is 0 Å². The van der Waals surface area contributed by atoms with E-state index in [-0.39, 0.29) is 24.6 Å². The molecule has 0 saturated heterocycles. The van der Waals surface area contributed by atoms with Gasteiger partial charge in [0.2, 0.25) is 5.91 Å². The third kappa shape index (κ3) is 3.93. The summed E-state index contributed by atoms with van der Waals surface area (Å²) in [7, 11) is 1.49. The van der Waals surface area contributed by atoms with Crippen LogP contribution in [0.5, 0.6) is 11.5 Å². The van der Waals surface area contributed by atoms with Gasteiger partial charge in [0, 0.05) is 30.1 Å². The standard InChI is InChI=1S/C19H19N3O5/c1-12-7-13(11-25-2)15(9-20)19(24)22(12)10-18(23)21-14-3-4-16-17(8-14)27-6-5-26-16/h3-4,7-8H,5-6,10-11H2,1-2H3,(H,21,23). The van der Waals surface area contributed by atoms with Gasteiger partial charge in [-0.25, -0.2) is 0 Å². The molecule has 0 fully saturated rings. The molecule has 2 aromatic rings. The van der Waals surface area contributed by atoms with Crippen LogP contribution in [0.1, 0.15) is 16.8 Å². The molecule has 1 aliphatic rings. The van der Waals surface area contributed by atoms with Gasteiger partial charge in [0.25, 0.3) is 5.56 Å². The van der Waals surface area contributed by atoms with Crippen LogP contribution in [0.2, 0.25) is 0 Å². The van der Waals surface area contributed by atoms with E-state index < -0.39 is 5.56 Å². The van der Waals surface area contributed by atoms with Gasteiger partial charge < -0.3 is 24.1 Å². The van der Waals surface area contributed by atoms with E-state index >= 15 is 0 Å². The van der Waals surface area contributed by atoms with E-state index in [1.807, 2.05) is 6.07 Å². The molecule has 1 N–H and O–H groups in total. The van der Waals surface area contributed by atoms with E-state index in [9.17, 15) is 14.9 Å². The Kier molecular flexibility index (Phi) is 5.43. The quantitative estimate of drug-likeness (QED) is 0.858. The topological polar surface area (TPSA) is 103 Å². The molecule has 2 heterocycles. The highest BCUT2D eigenvalue weighted by molar-refractivity contribution is 5.91. The lowest BCUT2D eigenvalue weighted by molar-refractivity contribution is -0.116. The first kappa shape index (κ1) is 18.5. The molecule has 0 unspecified atom stereocenters. The van der Waals surface area contributed by atoms with Crippen LogP contribution in [-0.2, 0) is 22.7 Å².